The van der Waals surface area contributed by atoms with E-state index in [1.807, 2.05) is 0 Å². The fraction of sp³-hybridized carbons (Fsp3) is 0.111. The van der Waals surface area contributed by atoms with Crippen LogP contribution in [0.15, 0.2) is 21.3 Å². The lowest BCUT2D eigenvalue weighted by atomic mass is 10.2. The molecule has 5 nitrogen and oxygen atoms in total. The third kappa shape index (κ3) is 1.41. The van der Waals surface area contributed by atoms with Crippen LogP contribution in [0, 0.1) is 0 Å². The minimum atomic E-state index is -1.39. The molecule has 15 heavy (non-hydrogen) atoms. The van der Waals surface area contributed by atoms with Gasteiger partial charge in [0.25, 0.3) is 0 Å². The summed E-state index contributed by atoms with van der Waals surface area (Å²) >= 11 is 5.67. The van der Waals surface area contributed by atoms with Crippen LogP contribution >= 0.6 is 11.6 Å². The van der Waals surface area contributed by atoms with Crippen molar-refractivity contribution in [2.75, 3.05) is 0 Å². The first-order valence-electron chi connectivity index (χ1n) is 4.01. The number of halogens is 1. The molecule has 2 rings (SSSR count). The van der Waals surface area contributed by atoms with Crippen LogP contribution in [0.5, 0.6) is 0 Å². The standard InChI is InChI=1S/C9H6ClNO4/c1-11-6-2-4(8(12)13)5(10)3-7(6)15-9(11)14/h2-3H,1H3,(H,12,13)/p-1. The van der Waals surface area contributed by atoms with Crippen LogP contribution in [0.4, 0.5) is 0 Å². The highest BCUT2D eigenvalue weighted by Gasteiger charge is 2.10. The molecule has 0 unspecified atom stereocenters. The van der Waals surface area contributed by atoms with Gasteiger partial charge in [-0.25, -0.2) is 4.79 Å². The number of rotatable bonds is 1. The van der Waals surface area contributed by atoms with Gasteiger partial charge in [-0.1, -0.05) is 11.6 Å². The summed E-state index contributed by atoms with van der Waals surface area (Å²) < 4.78 is 6.02. The van der Waals surface area contributed by atoms with Crippen LogP contribution in [-0.2, 0) is 7.05 Å². The maximum absolute atomic E-state index is 11.1. The average Bonchev–Trinajstić information content (AvgIpc) is 2.41. The van der Waals surface area contributed by atoms with Crippen LogP contribution in [0.25, 0.3) is 11.1 Å². The van der Waals surface area contributed by atoms with E-state index in [4.69, 9.17) is 16.0 Å². The number of carboxylic acid groups (broad SMARTS) is 1. The van der Waals surface area contributed by atoms with Gasteiger partial charge in [0.05, 0.1) is 16.5 Å². The van der Waals surface area contributed by atoms with Crippen molar-refractivity contribution in [3.05, 3.63) is 33.3 Å². The molecular weight excluding hydrogens is 222 g/mol. The average molecular weight is 227 g/mol. The number of benzene rings is 1. The predicted molar refractivity (Wildman–Crippen MR) is 50.8 cm³/mol. The molecule has 0 radical (unpaired) electrons. The Balaban J connectivity index is 2.89. The Bertz CT molecular complexity index is 610. The molecule has 1 heterocycles. The highest BCUT2D eigenvalue weighted by Crippen LogP contribution is 2.22. The maximum atomic E-state index is 11.1. The predicted octanol–water partition coefficient (Wildman–Crippen LogP) is 0.148. The van der Waals surface area contributed by atoms with Gasteiger partial charge in [0, 0.05) is 18.7 Å². The minimum Gasteiger partial charge on any atom is -0.545 e. The van der Waals surface area contributed by atoms with E-state index in [0.717, 1.165) is 0 Å². The van der Waals surface area contributed by atoms with Crippen molar-refractivity contribution in [1.82, 2.24) is 4.57 Å². The third-order valence-corrected chi connectivity index (χ3v) is 2.41. The smallest absolute Gasteiger partial charge is 0.419 e. The van der Waals surface area contributed by atoms with Gasteiger partial charge in [0.2, 0.25) is 0 Å². The first-order valence-corrected chi connectivity index (χ1v) is 4.39. The van der Waals surface area contributed by atoms with Crippen LogP contribution in [0.3, 0.4) is 0 Å². The minimum absolute atomic E-state index is 0.0168. The van der Waals surface area contributed by atoms with Crippen LogP contribution in [-0.4, -0.2) is 10.5 Å². The summed E-state index contributed by atoms with van der Waals surface area (Å²) in [5, 5.41) is 10.7. The zero-order valence-corrected chi connectivity index (χ0v) is 8.37. The third-order valence-electron chi connectivity index (χ3n) is 2.10. The van der Waals surface area contributed by atoms with Crippen LogP contribution in [0.1, 0.15) is 10.4 Å². The Morgan fingerprint density at radius 2 is 2.20 bits per heavy atom. The van der Waals surface area contributed by atoms with E-state index in [-0.39, 0.29) is 16.2 Å². The zero-order valence-electron chi connectivity index (χ0n) is 7.61. The topological polar surface area (TPSA) is 75.3 Å². The molecule has 0 aliphatic heterocycles. The molecule has 78 valence electrons. The number of carbonyl (C=O) groups excluding carboxylic acids is 1. The zero-order chi connectivity index (χ0) is 11.2. The summed E-state index contributed by atoms with van der Waals surface area (Å²) in [4.78, 5) is 21.8. The Morgan fingerprint density at radius 1 is 1.53 bits per heavy atom. The highest BCUT2D eigenvalue weighted by atomic mass is 35.5. The van der Waals surface area contributed by atoms with E-state index in [9.17, 15) is 14.7 Å². The highest BCUT2D eigenvalue weighted by molar-refractivity contribution is 6.34. The lowest BCUT2D eigenvalue weighted by molar-refractivity contribution is -0.255. The monoisotopic (exact) mass is 226 g/mol. The largest absolute Gasteiger partial charge is 0.545 e. The molecule has 1 aromatic carbocycles. The Morgan fingerprint density at radius 3 is 2.80 bits per heavy atom. The molecule has 0 fully saturated rings. The fourth-order valence-electron chi connectivity index (χ4n) is 1.30. The summed E-state index contributed by atoms with van der Waals surface area (Å²) in [7, 11) is 1.47. The number of aryl methyl sites for hydroxylation is 1. The number of hydrogen-bond donors (Lipinski definition) is 0. The molecule has 0 saturated carbocycles. The maximum Gasteiger partial charge on any atom is 0.419 e. The first kappa shape index (κ1) is 9.79. The van der Waals surface area contributed by atoms with E-state index in [0.29, 0.717) is 5.52 Å². The number of aromatic carboxylic acids is 1. The van der Waals surface area contributed by atoms with E-state index in [2.05, 4.69) is 0 Å². The van der Waals surface area contributed by atoms with Crippen molar-refractivity contribution in [1.29, 1.82) is 0 Å². The number of carboxylic acids is 1. The molecule has 0 amide bonds. The number of nitrogens with zero attached hydrogens (tertiary/aromatic N) is 1. The van der Waals surface area contributed by atoms with Gasteiger partial charge >= 0.3 is 5.76 Å². The molecule has 0 spiro atoms. The van der Waals surface area contributed by atoms with Gasteiger partial charge < -0.3 is 14.3 Å². The second-order valence-electron chi connectivity index (χ2n) is 3.01. The summed E-state index contributed by atoms with van der Waals surface area (Å²) in [5.41, 5.74) is 0.446. The Kier molecular flexibility index (Phi) is 2.04. The number of oxazole rings is 1. The lowest BCUT2D eigenvalue weighted by Gasteiger charge is -2.04. The van der Waals surface area contributed by atoms with Gasteiger partial charge in [-0.3, -0.25) is 4.57 Å². The summed E-state index contributed by atoms with van der Waals surface area (Å²) in [6, 6.07) is 2.53. The number of carbonyl (C=O) groups is 1. The van der Waals surface area contributed by atoms with Gasteiger partial charge in [0.15, 0.2) is 5.58 Å². The van der Waals surface area contributed by atoms with Crippen molar-refractivity contribution in [2.45, 2.75) is 0 Å². The Labute approximate surface area is 88.5 Å². The molecule has 0 N–H and O–H groups in total. The van der Waals surface area contributed by atoms with Crippen molar-refractivity contribution in [3.8, 4) is 0 Å². The Hall–Kier alpha value is -1.75. The van der Waals surface area contributed by atoms with Crippen molar-refractivity contribution >= 4 is 28.7 Å². The molecule has 6 heteroatoms. The van der Waals surface area contributed by atoms with E-state index in [1.165, 1.54) is 23.7 Å². The summed E-state index contributed by atoms with van der Waals surface area (Å²) in [5.74, 6) is -1.97. The van der Waals surface area contributed by atoms with E-state index >= 15 is 0 Å². The molecule has 2 aromatic rings. The van der Waals surface area contributed by atoms with E-state index in [1.54, 1.807) is 0 Å². The van der Waals surface area contributed by atoms with Crippen molar-refractivity contribution in [3.63, 3.8) is 0 Å². The first-order chi connectivity index (χ1) is 7.00. The summed E-state index contributed by atoms with van der Waals surface area (Å²) in [6.45, 7) is 0. The van der Waals surface area contributed by atoms with Gasteiger partial charge in [-0.2, -0.15) is 0 Å². The van der Waals surface area contributed by atoms with Crippen molar-refractivity contribution < 1.29 is 14.3 Å². The van der Waals surface area contributed by atoms with Gasteiger partial charge in [-0.15, -0.1) is 0 Å². The summed E-state index contributed by atoms with van der Waals surface area (Å²) in [6.07, 6.45) is 0. The fourth-order valence-corrected chi connectivity index (χ4v) is 1.54. The van der Waals surface area contributed by atoms with E-state index < -0.39 is 11.7 Å². The van der Waals surface area contributed by atoms with Crippen LogP contribution in [0.2, 0.25) is 5.02 Å². The number of hydrogen-bond acceptors (Lipinski definition) is 4. The molecule has 0 atom stereocenters. The normalized spacial score (nSPS) is 10.8. The quantitative estimate of drug-likeness (QED) is 0.694. The number of fused-ring (bicyclic) bond motifs is 1. The molecule has 0 aliphatic carbocycles. The molecule has 1 aromatic heterocycles. The molecular formula is C9H5ClNO4-. The lowest BCUT2D eigenvalue weighted by Crippen LogP contribution is -2.22. The second kappa shape index (κ2) is 3.13. The number of aromatic nitrogens is 1. The van der Waals surface area contributed by atoms with Gasteiger partial charge in [-0.05, 0) is 6.07 Å². The SMILES string of the molecule is Cn1c(=O)oc2cc(Cl)c(C(=O)[O-])cc21. The second-order valence-corrected chi connectivity index (χ2v) is 3.42. The van der Waals surface area contributed by atoms with Gasteiger partial charge in [0.1, 0.15) is 0 Å². The molecule has 0 saturated heterocycles. The van der Waals surface area contributed by atoms with Crippen molar-refractivity contribution in [2.24, 2.45) is 7.05 Å². The molecule has 0 bridgehead atoms. The molecule has 0 aliphatic rings. The van der Waals surface area contributed by atoms with Crippen LogP contribution < -0.4 is 10.9 Å².